The van der Waals surface area contributed by atoms with Crippen LogP contribution in [0, 0.1) is 0 Å². The van der Waals surface area contributed by atoms with Crippen molar-refractivity contribution in [1.29, 1.82) is 0 Å². The number of hydrogen-bond donors (Lipinski definition) is 1. The summed E-state index contributed by atoms with van der Waals surface area (Å²) in [6.45, 7) is 1.84. The van der Waals surface area contributed by atoms with Crippen LogP contribution in [0.25, 0.3) is 0 Å². The highest BCUT2D eigenvalue weighted by molar-refractivity contribution is 4.93. The molecule has 0 spiro atoms. The minimum Gasteiger partial charge on any atom is -0.388 e. The summed E-state index contributed by atoms with van der Waals surface area (Å²) in [6.07, 6.45) is 4.71. The molecule has 1 aliphatic rings. The van der Waals surface area contributed by atoms with E-state index in [1.165, 1.54) is 0 Å². The van der Waals surface area contributed by atoms with Gasteiger partial charge in [0, 0.05) is 13.1 Å². The van der Waals surface area contributed by atoms with Crippen LogP contribution in [0.1, 0.15) is 6.42 Å². The van der Waals surface area contributed by atoms with Gasteiger partial charge in [0.1, 0.15) is 0 Å². The molecule has 0 aromatic rings. The molecule has 2 nitrogen and oxygen atoms in total. The summed E-state index contributed by atoms with van der Waals surface area (Å²) in [6, 6.07) is 0. The summed E-state index contributed by atoms with van der Waals surface area (Å²) in [5.41, 5.74) is 0. The van der Waals surface area contributed by atoms with E-state index in [0.29, 0.717) is 0 Å². The molecule has 0 amide bonds. The fourth-order valence-corrected chi connectivity index (χ4v) is 1.02. The lowest BCUT2D eigenvalue weighted by Gasteiger charge is -2.14. The normalized spacial score (nSPS) is 30.2. The monoisotopic (exact) mass is 127 g/mol. The van der Waals surface area contributed by atoms with Gasteiger partial charge in [0.25, 0.3) is 0 Å². The van der Waals surface area contributed by atoms with Crippen molar-refractivity contribution >= 4 is 0 Å². The van der Waals surface area contributed by atoms with Gasteiger partial charge in [0.15, 0.2) is 0 Å². The lowest BCUT2D eigenvalue weighted by molar-refractivity contribution is 0.170. The van der Waals surface area contributed by atoms with Gasteiger partial charge in [0.2, 0.25) is 0 Å². The first-order chi connectivity index (χ1) is 4.29. The minimum absolute atomic E-state index is 0.252. The molecule has 0 bridgehead atoms. The molecule has 0 aromatic carbocycles. The van der Waals surface area contributed by atoms with Crippen molar-refractivity contribution in [1.82, 2.24) is 4.90 Å². The Morgan fingerprint density at radius 1 is 1.67 bits per heavy atom. The second-order valence-electron chi connectivity index (χ2n) is 2.55. The molecule has 0 radical (unpaired) electrons. The van der Waals surface area contributed by atoms with E-state index in [1.54, 1.807) is 0 Å². The average Bonchev–Trinajstić information content (AvgIpc) is 1.93. The molecule has 52 valence electrons. The molecule has 1 N–H and O–H groups in total. The summed E-state index contributed by atoms with van der Waals surface area (Å²) in [5, 5.41) is 9.13. The first-order valence-electron chi connectivity index (χ1n) is 3.32. The van der Waals surface area contributed by atoms with E-state index in [1.807, 2.05) is 19.2 Å². The fourth-order valence-electron chi connectivity index (χ4n) is 1.02. The highest BCUT2D eigenvalue weighted by Gasteiger charge is 2.06. The number of likely N-dealkylation sites (N-methyl/N-ethyl adjacent to an activating group) is 1. The van der Waals surface area contributed by atoms with E-state index in [-0.39, 0.29) is 6.10 Å². The molecule has 0 saturated carbocycles. The largest absolute Gasteiger partial charge is 0.388 e. The molecule has 1 atom stereocenters. The molecule has 0 saturated heterocycles. The van der Waals surface area contributed by atoms with Crippen LogP contribution < -0.4 is 0 Å². The fraction of sp³-hybridized carbons (Fsp3) is 0.714. The Kier molecular flexibility index (Phi) is 2.25. The van der Waals surface area contributed by atoms with Crippen LogP contribution in [0.5, 0.6) is 0 Å². The van der Waals surface area contributed by atoms with Crippen molar-refractivity contribution in [2.24, 2.45) is 0 Å². The van der Waals surface area contributed by atoms with Gasteiger partial charge in [0.05, 0.1) is 6.10 Å². The van der Waals surface area contributed by atoms with Gasteiger partial charge in [-0.25, -0.2) is 0 Å². The zero-order valence-corrected chi connectivity index (χ0v) is 5.75. The number of rotatable bonds is 0. The average molecular weight is 127 g/mol. The van der Waals surface area contributed by atoms with Gasteiger partial charge in [-0.1, -0.05) is 12.2 Å². The van der Waals surface area contributed by atoms with Crippen LogP contribution in [-0.4, -0.2) is 36.2 Å². The second-order valence-corrected chi connectivity index (χ2v) is 2.55. The molecule has 0 aromatic heterocycles. The molecule has 1 heterocycles. The van der Waals surface area contributed by atoms with Crippen molar-refractivity contribution in [2.75, 3.05) is 20.1 Å². The minimum atomic E-state index is -0.252. The zero-order chi connectivity index (χ0) is 6.69. The van der Waals surface area contributed by atoms with Gasteiger partial charge in [-0.3, -0.25) is 0 Å². The maximum Gasteiger partial charge on any atom is 0.0847 e. The highest BCUT2D eigenvalue weighted by atomic mass is 16.3. The van der Waals surface area contributed by atoms with E-state index in [0.717, 1.165) is 19.5 Å². The van der Waals surface area contributed by atoms with Crippen LogP contribution in [-0.2, 0) is 0 Å². The summed E-state index contributed by atoms with van der Waals surface area (Å²) in [7, 11) is 2.02. The van der Waals surface area contributed by atoms with Crippen LogP contribution in [0.3, 0.4) is 0 Å². The predicted octanol–water partition coefficient (Wildman–Crippen LogP) is 0.239. The Hall–Kier alpha value is -0.340. The predicted molar refractivity (Wildman–Crippen MR) is 37.3 cm³/mol. The third kappa shape index (κ3) is 2.16. The van der Waals surface area contributed by atoms with Crippen molar-refractivity contribution in [3.63, 3.8) is 0 Å². The van der Waals surface area contributed by atoms with Crippen molar-refractivity contribution in [3.8, 4) is 0 Å². The van der Waals surface area contributed by atoms with Gasteiger partial charge in [-0.05, 0) is 13.5 Å². The molecular weight excluding hydrogens is 114 g/mol. The van der Waals surface area contributed by atoms with E-state index in [4.69, 9.17) is 5.11 Å². The Morgan fingerprint density at radius 2 is 2.44 bits per heavy atom. The van der Waals surface area contributed by atoms with Crippen molar-refractivity contribution < 1.29 is 5.11 Å². The quantitative estimate of drug-likeness (QED) is 0.471. The van der Waals surface area contributed by atoms with E-state index in [9.17, 15) is 0 Å². The third-order valence-corrected chi connectivity index (χ3v) is 1.53. The molecule has 1 unspecified atom stereocenters. The van der Waals surface area contributed by atoms with Gasteiger partial charge in [-0.2, -0.15) is 0 Å². The Labute approximate surface area is 55.8 Å². The number of β-amino-alcohol motifs (C(OH)–C–C–N with tert-alkyl or cyclic N) is 1. The number of hydrogen-bond acceptors (Lipinski definition) is 2. The van der Waals surface area contributed by atoms with Crippen molar-refractivity contribution in [3.05, 3.63) is 12.2 Å². The van der Waals surface area contributed by atoms with E-state index >= 15 is 0 Å². The molecule has 0 fully saturated rings. The molecule has 9 heavy (non-hydrogen) atoms. The third-order valence-electron chi connectivity index (χ3n) is 1.53. The maximum atomic E-state index is 9.13. The van der Waals surface area contributed by atoms with Gasteiger partial charge < -0.3 is 10.0 Å². The topological polar surface area (TPSA) is 23.5 Å². The van der Waals surface area contributed by atoms with Crippen LogP contribution in [0.2, 0.25) is 0 Å². The smallest absolute Gasteiger partial charge is 0.0847 e. The number of nitrogens with zero attached hydrogens (tertiary/aromatic N) is 1. The summed E-state index contributed by atoms with van der Waals surface area (Å²) in [5.74, 6) is 0. The SMILES string of the molecule is CN1CCC=CC(O)C1. The first-order valence-corrected chi connectivity index (χ1v) is 3.32. The lowest BCUT2D eigenvalue weighted by atomic mass is 10.3. The standard InChI is InChI=1S/C7H13NO/c1-8-5-3-2-4-7(9)6-8/h2,4,7,9H,3,5-6H2,1H3. The van der Waals surface area contributed by atoms with E-state index in [2.05, 4.69) is 4.90 Å². The molecule has 0 aliphatic carbocycles. The summed E-state index contributed by atoms with van der Waals surface area (Å²) >= 11 is 0. The van der Waals surface area contributed by atoms with Crippen LogP contribution >= 0.6 is 0 Å². The Bertz CT molecular complexity index is 111. The molecule has 1 rings (SSSR count). The molecule has 1 aliphatic heterocycles. The summed E-state index contributed by atoms with van der Waals surface area (Å²) in [4.78, 5) is 2.13. The van der Waals surface area contributed by atoms with E-state index < -0.39 is 0 Å². The first kappa shape index (κ1) is 6.78. The Balaban J connectivity index is 2.40. The van der Waals surface area contributed by atoms with Crippen molar-refractivity contribution in [2.45, 2.75) is 12.5 Å². The number of aliphatic hydroxyl groups is 1. The number of aliphatic hydroxyl groups excluding tert-OH is 1. The molecule has 2 heteroatoms. The lowest BCUT2D eigenvalue weighted by Crippen LogP contribution is -2.26. The maximum absolute atomic E-state index is 9.13. The zero-order valence-electron chi connectivity index (χ0n) is 5.75. The molecular formula is C7H13NO. The van der Waals surface area contributed by atoms with Crippen LogP contribution in [0.15, 0.2) is 12.2 Å². The second kappa shape index (κ2) is 2.99. The van der Waals surface area contributed by atoms with Crippen LogP contribution in [0.4, 0.5) is 0 Å². The summed E-state index contributed by atoms with van der Waals surface area (Å²) < 4.78 is 0. The van der Waals surface area contributed by atoms with Gasteiger partial charge >= 0.3 is 0 Å². The van der Waals surface area contributed by atoms with Gasteiger partial charge in [-0.15, -0.1) is 0 Å². The Morgan fingerprint density at radius 3 is 3.22 bits per heavy atom. The highest BCUT2D eigenvalue weighted by Crippen LogP contribution is 1.99.